The molecule has 0 fully saturated rings. The van der Waals surface area contributed by atoms with Gasteiger partial charge in [0.25, 0.3) is 5.56 Å². The van der Waals surface area contributed by atoms with Crippen LogP contribution < -0.4 is 16.6 Å². The number of benzene rings is 1. The smallest absolute Gasteiger partial charge is 0.329 e. The molecule has 25 heavy (non-hydrogen) atoms. The largest absolute Gasteiger partial charge is 0.394 e. The minimum absolute atomic E-state index is 0.190. The van der Waals surface area contributed by atoms with Gasteiger partial charge in [0.1, 0.15) is 5.82 Å². The summed E-state index contributed by atoms with van der Waals surface area (Å²) in [5.41, 5.74) is 2.29. The van der Waals surface area contributed by atoms with Gasteiger partial charge in [0.15, 0.2) is 0 Å². The summed E-state index contributed by atoms with van der Waals surface area (Å²) in [7, 11) is 0. The monoisotopic (exact) mass is 347 g/mol. The van der Waals surface area contributed by atoms with E-state index in [9.17, 15) is 14.7 Å². The molecule has 0 aliphatic heterocycles. The predicted molar refractivity (Wildman–Crippen MR) is 97.5 cm³/mol. The summed E-state index contributed by atoms with van der Waals surface area (Å²) in [6.45, 7) is 3.97. The van der Waals surface area contributed by atoms with Crippen LogP contribution in [0.2, 0.25) is 0 Å². The first-order valence-corrected chi connectivity index (χ1v) is 8.44. The van der Waals surface area contributed by atoms with Gasteiger partial charge in [0, 0.05) is 18.3 Å². The topological polar surface area (TPSA) is 107 Å². The molecule has 7 heteroatoms. The number of aryl methyl sites for hydroxylation is 2. The van der Waals surface area contributed by atoms with Gasteiger partial charge in [-0.25, -0.2) is 4.79 Å². The molecule has 0 aliphatic rings. The van der Waals surface area contributed by atoms with Crippen LogP contribution in [-0.4, -0.2) is 32.5 Å². The summed E-state index contributed by atoms with van der Waals surface area (Å²) in [6, 6.07) is 7.23. The molecule has 0 radical (unpaired) electrons. The van der Waals surface area contributed by atoms with Gasteiger partial charge in [-0.1, -0.05) is 13.0 Å². The molecule has 0 spiro atoms. The zero-order valence-corrected chi connectivity index (χ0v) is 14.6. The lowest BCUT2D eigenvalue weighted by molar-refractivity contribution is 0.0854. The van der Waals surface area contributed by atoms with Crippen molar-refractivity contribution in [2.75, 3.05) is 11.9 Å². The Balaban J connectivity index is 2.14. The number of aliphatic hydroxyl groups excluding tert-OH is 2. The van der Waals surface area contributed by atoms with Gasteiger partial charge in [0.2, 0.25) is 0 Å². The Labute approximate surface area is 146 Å². The second kappa shape index (κ2) is 8.64. The Kier molecular flexibility index (Phi) is 6.55. The molecule has 1 aromatic carbocycles. The number of nitrogens with zero attached hydrogens (tertiary/aromatic N) is 1. The van der Waals surface area contributed by atoms with E-state index >= 15 is 0 Å². The van der Waals surface area contributed by atoms with E-state index in [0.29, 0.717) is 18.7 Å². The van der Waals surface area contributed by atoms with E-state index in [2.05, 4.69) is 17.2 Å². The number of aromatic amines is 1. The lowest BCUT2D eigenvalue weighted by Gasteiger charge is -2.11. The van der Waals surface area contributed by atoms with E-state index in [1.165, 1.54) is 17.2 Å². The third-order valence-corrected chi connectivity index (χ3v) is 4.16. The van der Waals surface area contributed by atoms with Gasteiger partial charge < -0.3 is 15.5 Å². The first kappa shape index (κ1) is 19.0. The van der Waals surface area contributed by atoms with Crippen LogP contribution in [0.25, 0.3) is 0 Å². The average Bonchev–Trinajstić information content (AvgIpc) is 2.58. The molecule has 1 unspecified atom stereocenters. The molecule has 2 aromatic rings. The number of anilines is 2. The van der Waals surface area contributed by atoms with Crippen molar-refractivity contribution in [2.45, 2.75) is 45.8 Å². The summed E-state index contributed by atoms with van der Waals surface area (Å²) in [5.74, 6) is 0.340. The number of hydrogen-bond donors (Lipinski definition) is 4. The molecule has 0 saturated carbocycles. The van der Waals surface area contributed by atoms with Crippen LogP contribution in [0.3, 0.4) is 0 Å². The van der Waals surface area contributed by atoms with Crippen LogP contribution in [-0.2, 0) is 13.0 Å². The first-order chi connectivity index (χ1) is 11.9. The average molecular weight is 347 g/mol. The van der Waals surface area contributed by atoms with Crippen molar-refractivity contribution in [3.63, 3.8) is 0 Å². The molecule has 4 N–H and O–H groups in total. The molecule has 1 heterocycles. The molecule has 0 saturated heterocycles. The van der Waals surface area contributed by atoms with Crippen LogP contribution >= 0.6 is 0 Å². The minimum atomic E-state index is -0.829. The summed E-state index contributed by atoms with van der Waals surface area (Å²) < 4.78 is 1.09. The van der Waals surface area contributed by atoms with Gasteiger partial charge in [0.05, 0.1) is 12.7 Å². The van der Waals surface area contributed by atoms with Crippen molar-refractivity contribution in [1.82, 2.24) is 9.55 Å². The molecule has 0 aliphatic carbocycles. The zero-order chi connectivity index (χ0) is 18.4. The maximum absolute atomic E-state index is 12.2. The molecule has 136 valence electrons. The molecule has 1 atom stereocenters. The van der Waals surface area contributed by atoms with Crippen LogP contribution in [0, 0.1) is 6.92 Å². The van der Waals surface area contributed by atoms with E-state index in [-0.39, 0.29) is 13.2 Å². The van der Waals surface area contributed by atoms with Gasteiger partial charge in [-0.3, -0.25) is 14.3 Å². The van der Waals surface area contributed by atoms with Crippen LogP contribution in [0.4, 0.5) is 11.5 Å². The lowest BCUT2D eigenvalue weighted by atomic mass is 10.1. The van der Waals surface area contributed by atoms with Crippen LogP contribution in [0.1, 0.15) is 30.9 Å². The van der Waals surface area contributed by atoms with E-state index < -0.39 is 17.4 Å². The number of hydrogen-bond acceptors (Lipinski definition) is 5. The Morgan fingerprint density at radius 2 is 2.04 bits per heavy atom. The normalized spacial score (nSPS) is 12.2. The molecule has 7 nitrogen and oxygen atoms in total. The van der Waals surface area contributed by atoms with Crippen molar-refractivity contribution in [2.24, 2.45) is 0 Å². The SMILES string of the molecule is CCc1cc(Nc2cc(=O)n(CCCC(O)CO)c(=O)[nH]2)ccc1C. The predicted octanol–water partition coefficient (Wildman–Crippen LogP) is 1.28. The molecule has 1 aromatic heterocycles. The Morgan fingerprint density at radius 1 is 1.28 bits per heavy atom. The van der Waals surface area contributed by atoms with E-state index in [4.69, 9.17) is 5.11 Å². The van der Waals surface area contributed by atoms with Crippen molar-refractivity contribution < 1.29 is 10.2 Å². The number of H-pyrrole nitrogens is 1. The summed E-state index contributed by atoms with van der Waals surface area (Å²) in [4.78, 5) is 26.9. The molecular weight excluding hydrogens is 322 g/mol. The highest BCUT2D eigenvalue weighted by Gasteiger charge is 2.07. The Hall–Kier alpha value is -2.38. The summed E-state index contributed by atoms with van der Waals surface area (Å²) in [6.07, 6.45) is 0.824. The number of rotatable bonds is 8. The number of nitrogens with one attached hydrogen (secondary N) is 2. The third kappa shape index (κ3) is 5.04. The minimum Gasteiger partial charge on any atom is -0.394 e. The van der Waals surface area contributed by atoms with Crippen LogP contribution in [0.5, 0.6) is 0 Å². The number of aliphatic hydroxyl groups is 2. The zero-order valence-electron chi connectivity index (χ0n) is 14.6. The standard InChI is InChI=1S/C18H25N3O4/c1-3-13-9-14(7-6-12(13)2)19-16-10-17(24)21(18(25)20-16)8-4-5-15(23)11-22/h6-7,9-10,15,19,22-23H,3-5,8,11H2,1-2H3,(H,20,25). The van der Waals surface area contributed by atoms with Crippen molar-refractivity contribution in [3.8, 4) is 0 Å². The summed E-state index contributed by atoms with van der Waals surface area (Å²) >= 11 is 0. The van der Waals surface area contributed by atoms with Gasteiger partial charge in [-0.15, -0.1) is 0 Å². The maximum Gasteiger partial charge on any atom is 0.329 e. The Morgan fingerprint density at radius 3 is 2.68 bits per heavy atom. The van der Waals surface area contributed by atoms with E-state index in [0.717, 1.165) is 16.7 Å². The lowest BCUT2D eigenvalue weighted by Crippen LogP contribution is -2.35. The summed E-state index contributed by atoms with van der Waals surface area (Å²) in [5, 5.41) is 21.1. The van der Waals surface area contributed by atoms with Gasteiger partial charge >= 0.3 is 5.69 Å². The van der Waals surface area contributed by atoms with Gasteiger partial charge in [-0.2, -0.15) is 0 Å². The van der Waals surface area contributed by atoms with Crippen molar-refractivity contribution in [3.05, 3.63) is 56.2 Å². The molecule has 0 amide bonds. The molecule has 0 bridgehead atoms. The second-order valence-electron chi connectivity index (χ2n) is 6.08. The first-order valence-electron chi connectivity index (χ1n) is 8.44. The second-order valence-corrected chi connectivity index (χ2v) is 6.08. The van der Waals surface area contributed by atoms with E-state index in [1.807, 2.05) is 25.1 Å². The van der Waals surface area contributed by atoms with Gasteiger partial charge in [-0.05, 0) is 49.4 Å². The highest BCUT2D eigenvalue weighted by molar-refractivity contribution is 5.57. The molecule has 2 rings (SSSR count). The van der Waals surface area contributed by atoms with Crippen molar-refractivity contribution in [1.29, 1.82) is 0 Å². The molecular formula is C18H25N3O4. The fraction of sp³-hybridized carbons (Fsp3) is 0.444. The fourth-order valence-electron chi connectivity index (χ4n) is 2.66. The number of aromatic nitrogens is 2. The quantitative estimate of drug-likeness (QED) is 0.575. The highest BCUT2D eigenvalue weighted by atomic mass is 16.3. The van der Waals surface area contributed by atoms with Crippen molar-refractivity contribution >= 4 is 11.5 Å². The fourth-order valence-corrected chi connectivity index (χ4v) is 2.66. The third-order valence-electron chi connectivity index (χ3n) is 4.16. The Bertz CT molecular complexity index is 795. The van der Waals surface area contributed by atoms with E-state index in [1.54, 1.807) is 0 Å². The maximum atomic E-state index is 12.2. The van der Waals surface area contributed by atoms with Crippen LogP contribution in [0.15, 0.2) is 33.9 Å². The highest BCUT2D eigenvalue weighted by Crippen LogP contribution is 2.18.